The van der Waals surface area contributed by atoms with Crippen LogP contribution >= 0.6 is 11.3 Å². The van der Waals surface area contributed by atoms with Crippen LogP contribution in [0.25, 0.3) is 33.2 Å². The van der Waals surface area contributed by atoms with Gasteiger partial charge in [0.2, 0.25) is 5.75 Å². The first-order valence-electron chi connectivity index (χ1n) is 10.9. The molecule has 2 N–H and O–H groups in total. The molecule has 4 rings (SSSR count). The third-order valence-electron chi connectivity index (χ3n) is 4.66. The van der Waals surface area contributed by atoms with Crippen LogP contribution in [0.2, 0.25) is 0 Å². The van der Waals surface area contributed by atoms with Crippen molar-refractivity contribution in [2.24, 2.45) is 0 Å². The Labute approximate surface area is 199 Å². The lowest BCUT2D eigenvalue weighted by molar-refractivity contribution is 0.112. The number of thiophene rings is 1. The Balaban J connectivity index is 1.89. The van der Waals surface area contributed by atoms with Gasteiger partial charge in [-0.25, -0.2) is 4.98 Å². The minimum absolute atomic E-state index is 0.0167. The van der Waals surface area contributed by atoms with E-state index >= 15 is 0 Å². The van der Waals surface area contributed by atoms with Crippen LogP contribution in [0.3, 0.4) is 0 Å². The average molecular weight is 463 g/mol. The predicted octanol–water partition coefficient (Wildman–Crippen LogP) is 7.53. The smallest absolute Gasteiger partial charge is 0.200 e. The van der Waals surface area contributed by atoms with E-state index in [0.29, 0.717) is 17.3 Å². The number of ether oxygens (including phenoxy) is 2. The highest BCUT2D eigenvalue weighted by Crippen LogP contribution is 2.44. The third-order valence-corrected chi connectivity index (χ3v) is 5.55. The van der Waals surface area contributed by atoms with Gasteiger partial charge in [0.25, 0.3) is 0 Å². The van der Waals surface area contributed by atoms with E-state index in [9.17, 15) is 5.11 Å². The molecule has 0 aliphatic rings. The van der Waals surface area contributed by atoms with Crippen LogP contribution in [0, 0.1) is 0 Å². The van der Waals surface area contributed by atoms with Gasteiger partial charge in [-0.05, 0) is 65.1 Å². The Kier molecular flexibility index (Phi) is 5.97. The zero-order valence-corrected chi connectivity index (χ0v) is 20.7. The van der Waals surface area contributed by atoms with Gasteiger partial charge in [0.05, 0.1) is 16.3 Å². The summed E-state index contributed by atoms with van der Waals surface area (Å²) in [6, 6.07) is 17.8. The summed E-state index contributed by atoms with van der Waals surface area (Å²) in [6.07, 6.45) is 0. The number of hydrogen-bond donors (Lipinski definition) is 2. The highest BCUT2D eigenvalue weighted by Gasteiger charge is 2.24. The maximum absolute atomic E-state index is 10.9. The molecule has 5 nitrogen and oxygen atoms in total. The number of aromatic nitrogens is 2. The van der Waals surface area contributed by atoms with Crippen molar-refractivity contribution in [3.63, 3.8) is 0 Å². The normalized spacial score (nSPS) is 12.1. The lowest BCUT2D eigenvalue weighted by Gasteiger charge is -2.26. The van der Waals surface area contributed by atoms with E-state index in [1.165, 1.54) is 0 Å². The van der Waals surface area contributed by atoms with E-state index in [4.69, 9.17) is 14.5 Å². The van der Waals surface area contributed by atoms with Crippen molar-refractivity contribution in [1.82, 2.24) is 9.97 Å². The monoisotopic (exact) mass is 462 g/mol. The Hall–Kier alpha value is -3.25. The molecule has 172 valence electrons. The summed E-state index contributed by atoms with van der Waals surface area (Å²) in [5.41, 5.74) is 2.64. The molecule has 2 heterocycles. The first kappa shape index (κ1) is 22.9. The molecule has 0 atom stereocenters. The summed E-state index contributed by atoms with van der Waals surface area (Å²) in [7, 11) is 0. The van der Waals surface area contributed by atoms with E-state index < -0.39 is 11.2 Å². The molecule has 4 aromatic rings. The minimum atomic E-state index is -0.490. The molecule has 33 heavy (non-hydrogen) atoms. The van der Waals surface area contributed by atoms with Crippen molar-refractivity contribution < 1.29 is 14.6 Å². The lowest BCUT2D eigenvalue weighted by atomic mass is 10.1. The Morgan fingerprint density at radius 1 is 0.818 bits per heavy atom. The molecule has 0 fully saturated rings. The molecule has 0 saturated heterocycles. The first-order valence-corrected chi connectivity index (χ1v) is 11.8. The highest BCUT2D eigenvalue weighted by molar-refractivity contribution is 7.13. The zero-order chi connectivity index (χ0) is 23.8. The van der Waals surface area contributed by atoms with Crippen LogP contribution in [-0.2, 0) is 0 Å². The number of phenolic OH excluding ortho intramolecular Hbond substituents is 1. The van der Waals surface area contributed by atoms with E-state index in [-0.39, 0.29) is 5.75 Å². The summed E-state index contributed by atoms with van der Waals surface area (Å²) >= 11 is 1.66. The molecule has 6 heteroatoms. The molecule has 0 saturated carbocycles. The maximum Gasteiger partial charge on any atom is 0.200 e. The topological polar surface area (TPSA) is 67.4 Å². The van der Waals surface area contributed by atoms with E-state index in [2.05, 4.69) is 28.6 Å². The Bertz CT molecular complexity index is 1190. The minimum Gasteiger partial charge on any atom is -0.502 e. The van der Waals surface area contributed by atoms with Gasteiger partial charge in [0.15, 0.2) is 11.5 Å². The number of benzene rings is 2. The number of H-pyrrole nitrogens is 1. The summed E-state index contributed by atoms with van der Waals surface area (Å²) < 4.78 is 12.1. The largest absolute Gasteiger partial charge is 0.502 e. The third kappa shape index (κ3) is 5.40. The standard InChI is InChI=1S/C27H30N2O3S/c1-26(2,3)31-19-15-18(16-20(24(19)30)32-27(4,5)6)25-28-22(17-11-8-7-9-12-17)23(29-25)21-13-10-14-33-21/h7-16,30H,1-6H3,(H,28,29). The predicted molar refractivity (Wildman–Crippen MR) is 135 cm³/mol. The molecule has 0 amide bonds. The molecule has 0 aliphatic heterocycles. The number of imidazole rings is 1. The van der Waals surface area contributed by atoms with Crippen molar-refractivity contribution in [1.29, 1.82) is 0 Å². The molecular weight excluding hydrogens is 432 g/mol. The molecule has 2 aromatic heterocycles. The van der Waals surface area contributed by atoms with Gasteiger partial charge in [0.1, 0.15) is 17.0 Å². The molecule has 0 bridgehead atoms. The summed E-state index contributed by atoms with van der Waals surface area (Å²) in [5.74, 6) is 1.37. The van der Waals surface area contributed by atoms with Crippen LogP contribution in [0.1, 0.15) is 41.5 Å². The van der Waals surface area contributed by atoms with Crippen LogP contribution in [-0.4, -0.2) is 26.3 Å². The van der Waals surface area contributed by atoms with Gasteiger partial charge < -0.3 is 19.6 Å². The van der Waals surface area contributed by atoms with Crippen molar-refractivity contribution in [3.8, 4) is 50.5 Å². The second-order valence-corrected chi connectivity index (χ2v) is 10.9. The molecule has 0 aliphatic carbocycles. The van der Waals surface area contributed by atoms with Crippen molar-refractivity contribution in [2.75, 3.05) is 0 Å². The fourth-order valence-electron chi connectivity index (χ4n) is 3.45. The summed E-state index contributed by atoms with van der Waals surface area (Å²) in [4.78, 5) is 9.58. The number of hydrogen-bond acceptors (Lipinski definition) is 5. The van der Waals surface area contributed by atoms with Gasteiger partial charge in [-0.2, -0.15) is 0 Å². The summed E-state index contributed by atoms with van der Waals surface area (Å²) in [6.45, 7) is 11.7. The van der Waals surface area contributed by atoms with Crippen LogP contribution in [0.5, 0.6) is 17.2 Å². The zero-order valence-electron chi connectivity index (χ0n) is 19.9. The number of aromatic hydroxyl groups is 1. The number of phenols is 1. The molecular formula is C27H30N2O3S. The number of nitrogens with one attached hydrogen (secondary N) is 1. The maximum atomic E-state index is 10.9. The van der Waals surface area contributed by atoms with Gasteiger partial charge >= 0.3 is 0 Å². The number of rotatable bonds is 5. The van der Waals surface area contributed by atoms with Crippen LogP contribution in [0.15, 0.2) is 60.0 Å². The second-order valence-electron chi connectivity index (χ2n) is 9.90. The molecule has 0 radical (unpaired) electrons. The van der Waals surface area contributed by atoms with Crippen molar-refractivity contribution >= 4 is 11.3 Å². The lowest BCUT2D eigenvalue weighted by Crippen LogP contribution is -2.24. The fraction of sp³-hybridized carbons (Fsp3) is 0.296. The molecule has 0 spiro atoms. The van der Waals surface area contributed by atoms with Gasteiger partial charge in [-0.1, -0.05) is 36.4 Å². The molecule has 0 unspecified atom stereocenters. The van der Waals surface area contributed by atoms with E-state index in [1.54, 1.807) is 11.3 Å². The first-order chi connectivity index (χ1) is 15.5. The number of nitrogens with zero attached hydrogens (tertiary/aromatic N) is 1. The quantitative estimate of drug-likeness (QED) is 0.322. The van der Waals surface area contributed by atoms with Crippen LogP contribution in [0.4, 0.5) is 0 Å². The van der Waals surface area contributed by atoms with E-state index in [1.807, 2.05) is 77.9 Å². The Morgan fingerprint density at radius 3 is 1.94 bits per heavy atom. The Morgan fingerprint density at radius 2 is 1.42 bits per heavy atom. The summed E-state index contributed by atoms with van der Waals surface area (Å²) in [5, 5.41) is 12.9. The van der Waals surface area contributed by atoms with Gasteiger partial charge in [-0.3, -0.25) is 0 Å². The molecule has 2 aromatic carbocycles. The SMILES string of the molecule is CC(C)(C)Oc1cc(-c2nc(-c3ccccc3)c(-c3cccs3)[nH]2)cc(OC(C)(C)C)c1O. The average Bonchev–Trinajstić information content (AvgIpc) is 3.39. The van der Waals surface area contributed by atoms with E-state index in [0.717, 1.165) is 27.4 Å². The van der Waals surface area contributed by atoms with Crippen LogP contribution < -0.4 is 9.47 Å². The second kappa shape index (κ2) is 8.60. The van der Waals surface area contributed by atoms with Gasteiger partial charge in [-0.15, -0.1) is 11.3 Å². The fourth-order valence-corrected chi connectivity index (χ4v) is 4.17. The number of aromatic amines is 1. The highest BCUT2D eigenvalue weighted by atomic mass is 32.1. The van der Waals surface area contributed by atoms with Crippen molar-refractivity contribution in [3.05, 3.63) is 60.0 Å². The van der Waals surface area contributed by atoms with Crippen molar-refractivity contribution in [2.45, 2.75) is 52.7 Å². The van der Waals surface area contributed by atoms with Gasteiger partial charge in [0, 0.05) is 11.1 Å².